The molecule has 2 N–H and O–H groups in total. The topological polar surface area (TPSA) is 111 Å². The highest BCUT2D eigenvalue weighted by molar-refractivity contribution is 6.30. The van der Waals surface area contributed by atoms with Crippen LogP contribution in [0.4, 0.5) is 16.2 Å². The van der Waals surface area contributed by atoms with Gasteiger partial charge in [-0.25, -0.2) is 9.48 Å². The van der Waals surface area contributed by atoms with E-state index in [1.54, 1.807) is 58.3 Å². The minimum Gasteiger partial charge on any atom is -0.449 e. The number of anilines is 2. The lowest BCUT2D eigenvalue weighted by molar-refractivity contribution is 0.0972. The van der Waals surface area contributed by atoms with Gasteiger partial charge in [-0.05, 0) is 55.3 Å². The van der Waals surface area contributed by atoms with Crippen LogP contribution in [0, 0.1) is 0 Å². The number of hydrogen-bond donors (Lipinski definition) is 1. The Kier molecular flexibility index (Phi) is 5.26. The Labute approximate surface area is 194 Å². The van der Waals surface area contributed by atoms with Gasteiger partial charge in [-0.15, -0.1) is 0 Å². The number of rotatable bonds is 4. The number of amides is 3. The number of aromatic nitrogens is 2. The fourth-order valence-electron chi connectivity index (χ4n) is 4.20. The number of halogens is 1. The average molecular weight is 466 g/mol. The highest BCUT2D eigenvalue weighted by atomic mass is 35.5. The third-order valence-corrected chi connectivity index (χ3v) is 5.98. The predicted molar refractivity (Wildman–Crippen MR) is 122 cm³/mol. The molecule has 0 spiro atoms. The van der Waals surface area contributed by atoms with Crippen LogP contribution in [0.15, 0.2) is 48.5 Å². The Morgan fingerprint density at radius 2 is 1.73 bits per heavy atom. The molecule has 5 rings (SSSR count). The second kappa shape index (κ2) is 8.25. The van der Waals surface area contributed by atoms with Gasteiger partial charge in [0.2, 0.25) is 0 Å². The van der Waals surface area contributed by atoms with Gasteiger partial charge in [0.1, 0.15) is 5.69 Å². The van der Waals surface area contributed by atoms with Crippen molar-refractivity contribution in [3.63, 3.8) is 0 Å². The summed E-state index contributed by atoms with van der Waals surface area (Å²) in [4.78, 5) is 40.8. The molecule has 3 aromatic rings. The normalized spacial score (nSPS) is 15.9. The van der Waals surface area contributed by atoms with Crippen molar-refractivity contribution in [1.29, 1.82) is 0 Å². The first-order valence-electron chi connectivity index (χ1n) is 10.5. The third kappa shape index (κ3) is 3.70. The van der Waals surface area contributed by atoms with Crippen molar-refractivity contribution in [1.82, 2.24) is 9.78 Å². The van der Waals surface area contributed by atoms with Crippen molar-refractivity contribution < 1.29 is 19.1 Å². The third-order valence-electron chi connectivity index (χ3n) is 5.75. The lowest BCUT2D eigenvalue weighted by atomic mass is 10.0. The predicted octanol–water partition coefficient (Wildman–Crippen LogP) is 3.17. The molecule has 1 saturated heterocycles. The van der Waals surface area contributed by atoms with Crippen LogP contribution >= 0.6 is 11.6 Å². The summed E-state index contributed by atoms with van der Waals surface area (Å²) >= 11 is 6.13. The summed E-state index contributed by atoms with van der Waals surface area (Å²) in [5.41, 5.74) is 8.35. The Balaban J connectivity index is 1.51. The molecule has 0 atom stereocenters. The molecule has 0 bridgehead atoms. The first-order valence-corrected chi connectivity index (χ1v) is 10.9. The van der Waals surface area contributed by atoms with Crippen LogP contribution in [0.3, 0.4) is 0 Å². The fourth-order valence-corrected chi connectivity index (χ4v) is 4.38. The number of carbonyl (C=O) groups excluding carboxylic acids is 3. The number of fused-ring (bicyclic) bond motifs is 1. The number of nitrogens with zero attached hydrogens (tertiary/aromatic N) is 4. The molecule has 0 aliphatic carbocycles. The van der Waals surface area contributed by atoms with E-state index in [9.17, 15) is 14.4 Å². The van der Waals surface area contributed by atoms with Crippen LogP contribution in [-0.4, -0.2) is 47.4 Å². The van der Waals surface area contributed by atoms with Crippen LogP contribution in [-0.2, 0) is 11.2 Å². The molecule has 168 valence electrons. The maximum absolute atomic E-state index is 13.6. The molecule has 1 fully saturated rings. The molecular weight excluding hydrogens is 446 g/mol. The van der Waals surface area contributed by atoms with Crippen molar-refractivity contribution in [3.8, 4) is 5.69 Å². The Bertz CT molecular complexity index is 1270. The van der Waals surface area contributed by atoms with E-state index < -0.39 is 5.91 Å². The molecule has 9 nitrogen and oxygen atoms in total. The van der Waals surface area contributed by atoms with Crippen molar-refractivity contribution in [2.24, 2.45) is 5.73 Å². The van der Waals surface area contributed by atoms with Gasteiger partial charge in [-0.3, -0.25) is 14.5 Å². The molecule has 3 heterocycles. The smallest absolute Gasteiger partial charge is 0.414 e. The first-order chi connectivity index (χ1) is 15.9. The zero-order valence-electron chi connectivity index (χ0n) is 17.5. The van der Waals surface area contributed by atoms with E-state index in [0.29, 0.717) is 53.8 Å². The van der Waals surface area contributed by atoms with Gasteiger partial charge in [-0.2, -0.15) is 5.10 Å². The van der Waals surface area contributed by atoms with Crippen LogP contribution in [0.2, 0.25) is 5.02 Å². The first kappa shape index (κ1) is 21.0. The minimum atomic E-state index is -0.689. The molecule has 3 amide bonds. The summed E-state index contributed by atoms with van der Waals surface area (Å²) in [7, 11) is 0. The molecule has 33 heavy (non-hydrogen) atoms. The van der Waals surface area contributed by atoms with Crippen LogP contribution in [0.1, 0.15) is 33.0 Å². The largest absolute Gasteiger partial charge is 0.449 e. The Morgan fingerprint density at radius 3 is 2.39 bits per heavy atom. The minimum absolute atomic E-state index is 0.0805. The van der Waals surface area contributed by atoms with E-state index in [1.165, 1.54) is 4.68 Å². The number of nitrogens with two attached hydrogens (primary N) is 1. The summed E-state index contributed by atoms with van der Waals surface area (Å²) in [5, 5.41) is 4.82. The molecule has 2 aliphatic heterocycles. The van der Waals surface area contributed by atoms with Crippen LogP contribution in [0.25, 0.3) is 5.69 Å². The molecular formula is C23H20ClN5O4. The van der Waals surface area contributed by atoms with Gasteiger partial charge in [-0.1, -0.05) is 17.7 Å². The molecule has 10 heteroatoms. The summed E-state index contributed by atoms with van der Waals surface area (Å²) in [6, 6.07) is 14.0. The number of carbonyl (C=O) groups is 3. The van der Waals surface area contributed by atoms with E-state index in [4.69, 9.17) is 22.1 Å². The average Bonchev–Trinajstić information content (AvgIpc) is 3.21. The number of benzene rings is 2. The standard InChI is InChI=1S/C23H20ClN5O4/c24-14-3-1-4-17(13-14)29-20-18(19(26-29)21(25)30)9-11-27(22(20)31)15-5-7-16(8-6-15)28-10-2-12-33-23(28)32/h1,3-8,13H,2,9-12H2,(H2,25,30). The second-order valence-electron chi connectivity index (χ2n) is 7.77. The zero-order chi connectivity index (χ0) is 23.1. The molecule has 0 unspecified atom stereocenters. The van der Waals surface area contributed by atoms with Crippen molar-refractivity contribution in [2.45, 2.75) is 12.8 Å². The monoisotopic (exact) mass is 465 g/mol. The van der Waals surface area contributed by atoms with Crippen molar-refractivity contribution in [2.75, 3.05) is 29.5 Å². The molecule has 1 aromatic heterocycles. The summed E-state index contributed by atoms with van der Waals surface area (Å²) in [6.45, 7) is 1.36. The van der Waals surface area contributed by atoms with E-state index in [0.717, 1.165) is 6.42 Å². The van der Waals surface area contributed by atoms with Gasteiger partial charge < -0.3 is 15.4 Å². The Hall–Kier alpha value is -3.85. The second-order valence-corrected chi connectivity index (χ2v) is 8.21. The molecule has 2 aromatic carbocycles. The van der Waals surface area contributed by atoms with E-state index in [1.807, 2.05) is 0 Å². The molecule has 0 radical (unpaired) electrons. The fraction of sp³-hybridized carbons (Fsp3) is 0.217. The maximum Gasteiger partial charge on any atom is 0.414 e. The number of cyclic esters (lactones) is 1. The van der Waals surface area contributed by atoms with Crippen LogP contribution < -0.4 is 15.5 Å². The molecule has 2 aliphatic rings. The van der Waals surface area contributed by atoms with Crippen LogP contribution in [0.5, 0.6) is 0 Å². The highest BCUT2D eigenvalue weighted by Gasteiger charge is 2.34. The van der Waals surface area contributed by atoms with Gasteiger partial charge in [0.05, 0.1) is 12.3 Å². The number of hydrogen-bond acceptors (Lipinski definition) is 5. The SMILES string of the molecule is NC(=O)c1nn(-c2cccc(Cl)c2)c2c1CCN(c1ccc(N3CCCOC3=O)cc1)C2=O. The lowest BCUT2D eigenvalue weighted by Crippen LogP contribution is -2.39. The Morgan fingerprint density at radius 1 is 1.00 bits per heavy atom. The zero-order valence-corrected chi connectivity index (χ0v) is 18.3. The van der Waals surface area contributed by atoms with Crippen molar-refractivity contribution in [3.05, 3.63) is 70.5 Å². The van der Waals surface area contributed by atoms with Crippen molar-refractivity contribution >= 4 is 40.9 Å². The summed E-state index contributed by atoms with van der Waals surface area (Å²) in [6.07, 6.45) is 0.800. The highest BCUT2D eigenvalue weighted by Crippen LogP contribution is 2.30. The number of primary amides is 1. The van der Waals surface area contributed by atoms with E-state index in [-0.39, 0.29) is 23.4 Å². The maximum atomic E-state index is 13.6. The van der Waals surface area contributed by atoms with E-state index in [2.05, 4.69) is 5.10 Å². The number of ether oxygens (including phenoxy) is 1. The van der Waals surface area contributed by atoms with E-state index >= 15 is 0 Å². The molecule has 0 saturated carbocycles. The quantitative estimate of drug-likeness (QED) is 0.636. The van der Waals surface area contributed by atoms with Gasteiger partial charge in [0, 0.05) is 35.1 Å². The lowest BCUT2D eigenvalue weighted by Gasteiger charge is -2.29. The van der Waals surface area contributed by atoms with Gasteiger partial charge >= 0.3 is 6.09 Å². The van der Waals surface area contributed by atoms with Gasteiger partial charge in [0.15, 0.2) is 5.69 Å². The summed E-state index contributed by atoms with van der Waals surface area (Å²) < 4.78 is 6.52. The summed E-state index contributed by atoms with van der Waals surface area (Å²) in [5.74, 6) is -0.993. The van der Waals surface area contributed by atoms with Gasteiger partial charge in [0.25, 0.3) is 11.8 Å².